The Balaban J connectivity index is 2.05. The van der Waals surface area contributed by atoms with E-state index in [2.05, 4.69) is 10.4 Å². The lowest BCUT2D eigenvalue weighted by Crippen LogP contribution is -2.47. The second kappa shape index (κ2) is 5.76. The van der Waals surface area contributed by atoms with Crippen molar-refractivity contribution in [2.75, 3.05) is 31.7 Å². The molecule has 7 nitrogen and oxygen atoms in total. The minimum atomic E-state index is -0.312. The van der Waals surface area contributed by atoms with Crippen molar-refractivity contribution in [2.45, 2.75) is 6.10 Å². The van der Waals surface area contributed by atoms with Crippen molar-refractivity contribution in [1.82, 2.24) is 9.88 Å². The minimum Gasteiger partial charge on any atom is -0.394 e. The van der Waals surface area contributed by atoms with Crippen LogP contribution < -0.4 is 11.3 Å². The number of nitrogens with two attached hydrogens (primary N) is 1. The number of hydrogen-bond donors (Lipinski definition) is 3. The predicted octanol–water partition coefficient (Wildman–Crippen LogP) is -0.800. The molecular formula is C11H16N4O3. The van der Waals surface area contributed by atoms with E-state index in [1.807, 2.05) is 0 Å². The van der Waals surface area contributed by atoms with Crippen LogP contribution >= 0.6 is 0 Å². The number of carbonyl (C=O) groups is 1. The maximum Gasteiger partial charge on any atom is 0.272 e. The number of rotatable bonds is 3. The van der Waals surface area contributed by atoms with Gasteiger partial charge in [-0.1, -0.05) is 0 Å². The van der Waals surface area contributed by atoms with Crippen molar-refractivity contribution in [3.8, 4) is 0 Å². The summed E-state index contributed by atoms with van der Waals surface area (Å²) >= 11 is 0. The van der Waals surface area contributed by atoms with E-state index < -0.39 is 0 Å². The van der Waals surface area contributed by atoms with Crippen LogP contribution in [0.3, 0.4) is 0 Å². The standard InChI is InChI=1S/C11H16N4O3/c12-14-8-1-2-10(13-5-8)11(17)15-3-4-18-9(6-15)7-16/h1-2,5,9,14,16H,3-4,6-7,12H2. The van der Waals surface area contributed by atoms with Crippen molar-refractivity contribution in [3.63, 3.8) is 0 Å². The number of hydrogen-bond acceptors (Lipinski definition) is 6. The van der Waals surface area contributed by atoms with Gasteiger partial charge in [0.05, 0.1) is 31.2 Å². The molecule has 1 aromatic rings. The Morgan fingerprint density at radius 1 is 1.67 bits per heavy atom. The number of nitrogen functional groups attached to an aromatic ring is 1. The lowest BCUT2D eigenvalue weighted by molar-refractivity contribution is -0.0448. The number of hydrazine groups is 1. The molecule has 0 spiro atoms. The number of aliphatic hydroxyl groups excluding tert-OH is 1. The topological polar surface area (TPSA) is 101 Å². The molecule has 2 heterocycles. The molecule has 0 saturated carbocycles. The van der Waals surface area contributed by atoms with Gasteiger partial charge in [-0.25, -0.2) is 4.98 Å². The average molecular weight is 252 g/mol. The summed E-state index contributed by atoms with van der Waals surface area (Å²) in [5.41, 5.74) is 3.44. The quantitative estimate of drug-likeness (QED) is 0.481. The number of amides is 1. The van der Waals surface area contributed by atoms with Crippen LogP contribution in [-0.2, 0) is 4.74 Å². The fourth-order valence-electron chi connectivity index (χ4n) is 1.78. The predicted molar refractivity (Wildman–Crippen MR) is 64.8 cm³/mol. The summed E-state index contributed by atoms with van der Waals surface area (Å²) in [5.74, 6) is 5.06. The molecule has 0 aromatic carbocycles. The number of aliphatic hydroxyl groups is 1. The Bertz CT molecular complexity index is 409. The van der Waals surface area contributed by atoms with Crippen molar-refractivity contribution >= 4 is 11.6 Å². The third kappa shape index (κ3) is 2.76. The van der Waals surface area contributed by atoms with Gasteiger partial charge in [0.2, 0.25) is 0 Å². The van der Waals surface area contributed by atoms with Crippen LogP contribution in [0.15, 0.2) is 18.3 Å². The van der Waals surface area contributed by atoms with Gasteiger partial charge < -0.3 is 20.2 Å². The molecule has 18 heavy (non-hydrogen) atoms. The van der Waals surface area contributed by atoms with Gasteiger partial charge >= 0.3 is 0 Å². The third-order valence-electron chi connectivity index (χ3n) is 2.78. The summed E-state index contributed by atoms with van der Waals surface area (Å²) in [6, 6.07) is 3.30. The molecule has 0 radical (unpaired) electrons. The van der Waals surface area contributed by atoms with Crippen molar-refractivity contribution in [1.29, 1.82) is 0 Å². The molecule has 1 atom stereocenters. The molecule has 4 N–H and O–H groups in total. The zero-order valence-corrected chi connectivity index (χ0v) is 9.87. The molecule has 0 bridgehead atoms. The van der Waals surface area contributed by atoms with Crippen LogP contribution in [0.4, 0.5) is 5.69 Å². The lowest BCUT2D eigenvalue weighted by atomic mass is 10.2. The maximum atomic E-state index is 12.1. The molecular weight excluding hydrogens is 236 g/mol. The van der Waals surface area contributed by atoms with Gasteiger partial charge in [-0.3, -0.25) is 10.6 Å². The largest absolute Gasteiger partial charge is 0.394 e. The second-order valence-electron chi connectivity index (χ2n) is 4.00. The summed E-state index contributed by atoms with van der Waals surface area (Å²) in [4.78, 5) is 17.8. The van der Waals surface area contributed by atoms with Gasteiger partial charge in [-0.15, -0.1) is 0 Å². The highest BCUT2D eigenvalue weighted by atomic mass is 16.5. The highest BCUT2D eigenvalue weighted by Crippen LogP contribution is 2.10. The molecule has 1 amide bonds. The zero-order chi connectivity index (χ0) is 13.0. The van der Waals surface area contributed by atoms with Crippen molar-refractivity contribution in [3.05, 3.63) is 24.0 Å². The molecule has 2 rings (SSSR count). The number of morpholine rings is 1. The highest BCUT2D eigenvalue weighted by molar-refractivity contribution is 5.92. The first-order valence-electron chi connectivity index (χ1n) is 5.69. The summed E-state index contributed by atoms with van der Waals surface area (Å²) in [6.45, 7) is 1.23. The number of nitrogens with one attached hydrogen (secondary N) is 1. The molecule has 7 heteroatoms. The molecule has 1 aliphatic heterocycles. The monoisotopic (exact) mass is 252 g/mol. The smallest absolute Gasteiger partial charge is 0.272 e. The van der Waals surface area contributed by atoms with E-state index in [1.54, 1.807) is 17.0 Å². The number of aromatic nitrogens is 1. The van der Waals surface area contributed by atoms with Gasteiger partial charge in [0.1, 0.15) is 5.69 Å². The van der Waals surface area contributed by atoms with E-state index in [1.165, 1.54) is 6.20 Å². The van der Waals surface area contributed by atoms with Crippen LogP contribution in [0.25, 0.3) is 0 Å². The van der Waals surface area contributed by atoms with Gasteiger partial charge in [0.15, 0.2) is 0 Å². The summed E-state index contributed by atoms with van der Waals surface area (Å²) in [7, 11) is 0. The summed E-state index contributed by atoms with van der Waals surface area (Å²) in [6.07, 6.45) is 1.18. The molecule has 1 saturated heterocycles. The number of anilines is 1. The fraction of sp³-hybridized carbons (Fsp3) is 0.455. The van der Waals surface area contributed by atoms with E-state index >= 15 is 0 Å². The van der Waals surface area contributed by atoms with Crippen molar-refractivity contribution in [2.24, 2.45) is 5.84 Å². The first-order chi connectivity index (χ1) is 8.74. The van der Waals surface area contributed by atoms with Crippen LogP contribution in [0.1, 0.15) is 10.5 Å². The Morgan fingerprint density at radius 3 is 3.11 bits per heavy atom. The summed E-state index contributed by atoms with van der Waals surface area (Å²) in [5, 5.41) is 9.03. The normalized spacial score (nSPS) is 19.7. The van der Waals surface area contributed by atoms with Crippen LogP contribution in [-0.4, -0.2) is 53.3 Å². The average Bonchev–Trinajstić information content (AvgIpc) is 2.46. The first kappa shape index (κ1) is 12.7. The molecule has 1 unspecified atom stereocenters. The van der Waals surface area contributed by atoms with Crippen LogP contribution in [0, 0.1) is 0 Å². The number of nitrogens with zero attached hydrogens (tertiary/aromatic N) is 2. The van der Waals surface area contributed by atoms with Crippen LogP contribution in [0.5, 0.6) is 0 Å². The van der Waals surface area contributed by atoms with E-state index in [4.69, 9.17) is 15.7 Å². The number of pyridine rings is 1. The molecule has 1 fully saturated rings. The Morgan fingerprint density at radius 2 is 2.50 bits per heavy atom. The molecule has 1 aliphatic rings. The highest BCUT2D eigenvalue weighted by Gasteiger charge is 2.25. The van der Waals surface area contributed by atoms with Gasteiger partial charge in [-0.05, 0) is 12.1 Å². The number of carbonyl (C=O) groups excluding carboxylic acids is 1. The first-order valence-corrected chi connectivity index (χ1v) is 5.69. The van der Waals surface area contributed by atoms with Gasteiger partial charge in [0.25, 0.3) is 5.91 Å². The van der Waals surface area contributed by atoms with E-state index in [0.29, 0.717) is 31.1 Å². The lowest BCUT2D eigenvalue weighted by Gasteiger charge is -2.31. The molecule has 98 valence electrons. The second-order valence-corrected chi connectivity index (χ2v) is 4.00. The Hall–Kier alpha value is -1.70. The van der Waals surface area contributed by atoms with Gasteiger partial charge in [-0.2, -0.15) is 0 Å². The Kier molecular flexibility index (Phi) is 4.08. The van der Waals surface area contributed by atoms with E-state index in [-0.39, 0.29) is 18.6 Å². The molecule has 1 aromatic heterocycles. The number of ether oxygens (including phenoxy) is 1. The van der Waals surface area contributed by atoms with Gasteiger partial charge in [0, 0.05) is 13.1 Å². The third-order valence-corrected chi connectivity index (χ3v) is 2.78. The van der Waals surface area contributed by atoms with Crippen molar-refractivity contribution < 1.29 is 14.6 Å². The van der Waals surface area contributed by atoms with E-state index in [9.17, 15) is 4.79 Å². The van der Waals surface area contributed by atoms with E-state index in [0.717, 1.165) is 0 Å². The maximum absolute atomic E-state index is 12.1. The SMILES string of the molecule is NNc1ccc(C(=O)N2CCOC(CO)C2)nc1. The van der Waals surface area contributed by atoms with Crippen LogP contribution in [0.2, 0.25) is 0 Å². The molecule has 0 aliphatic carbocycles. The minimum absolute atomic E-state index is 0.0900. The zero-order valence-electron chi connectivity index (χ0n) is 9.87. The summed E-state index contributed by atoms with van der Waals surface area (Å²) < 4.78 is 5.29. The Labute approximate surface area is 105 Å². The fourth-order valence-corrected chi connectivity index (χ4v) is 1.78.